The van der Waals surface area contributed by atoms with Crippen molar-refractivity contribution in [2.24, 2.45) is 0 Å². The highest BCUT2D eigenvalue weighted by molar-refractivity contribution is 9.10. The van der Waals surface area contributed by atoms with E-state index in [-0.39, 0.29) is 11.3 Å². The molecule has 0 spiro atoms. The van der Waals surface area contributed by atoms with Gasteiger partial charge in [0, 0.05) is 15.4 Å². The molecule has 2 saturated heterocycles. The van der Waals surface area contributed by atoms with E-state index in [1.807, 2.05) is 24.3 Å². The average Bonchev–Trinajstić information content (AvgIpc) is 2.81. The highest BCUT2D eigenvalue weighted by Gasteiger charge is 2.64. The smallest absolute Gasteiger partial charge is 0.327 e. The molecule has 138 valence electrons. The Hall–Kier alpha value is -2.00. The van der Waals surface area contributed by atoms with E-state index in [9.17, 15) is 19.5 Å². The van der Waals surface area contributed by atoms with Crippen LogP contribution in [0.2, 0.25) is 0 Å². The average molecular weight is 440 g/mol. The Bertz CT molecular complexity index is 798. The van der Waals surface area contributed by atoms with Crippen molar-refractivity contribution < 1.29 is 19.5 Å². The lowest BCUT2D eigenvalue weighted by Crippen LogP contribution is -2.71. The maximum atomic E-state index is 12.3. The van der Waals surface area contributed by atoms with E-state index in [1.165, 1.54) is 22.9 Å². The highest BCUT2D eigenvalue weighted by atomic mass is 79.9. The Balaban J connectivity index is 1.58. The lowest BCUT2D eigenvalue weighted by Gasteiger charge is -2.43. The van der Waals surface area contributed by atoms with Crippen LogP contribution in [0.5, 0.6) is 0 Å². The fraction of sp³-hybridized carbons (Fsp3) is 0.353. The van der Waals surface area contributed by atoms with Crippen molar-refractivity contribution in [2.45, 2.75) is 36.1 Å². The van der Waals surface area contributed by atoms with Gasteiger partial charge in [0.2, 0.25) is 5.91 Å². The molecule has 1 aromatic rings. The molecule has 7 nitrogen and oxygen atoms in total. The van der Waals surface area contributed by atoms with Crippen LogP contribution in [-0.2, 0) is 9.59 Å². The number of benzene rings is 1. The number of amides is 3. The number of aliphatic carboxylic acids is 1. The Morgan fingerprint density at radius 1 is 1.38 bits per heavy atom. The maximum absolute atomic E-state index is 12.3. The number of nitrogens with zero attached hydrogens (tertiary/aromatic N) is 1. The van der Waals surface area contributed by atoms with Gasteiger partial charge in [0.25, 0.3) is 0 Å². The molecular weight excluding hydrogens is 422 g/mol. The lowest BCUT2D eigenvalue weighted by molar-refractivity contribution is -0.159. The van der Waals surface area contributed by atoms with Crippen LogP contribution < -0.4 is 10.6 Å². The van der Waals surface area contributed by atoms with Gasteiger partial charge in [-0.15, -0.1) is 11.8 Å². The molecule has 0 aliphatic carbocycles. The van der Waals surface area contributed by atoms with Crippen LogP contribution in [0.15, 0.2) is 34.9 Å². The second kappa shape index (κ2) is 6.96. The van der Waals surface area contributed by atoms with E-state index in [2.05, 4.69) is 26.6 Å². The van der Waals surface area contributed by atoms with Gasteiger partial charge in [-0.1, -0.05) is 28.1 Å². The number of carbonyl (C=O) groups is 3. The first-order valence-corrected chi connectivity index (χ1v) is 9.60. The molecule has 3 amide bonds. The van der Waals surface area contributed by atoms with E-state index in [0.29, 0.717) is 0 Å². The monoisotopic (exact) mass is 439 g/mol. The molecule has 2 fully saturated rings. The molecule has 0 radical (unpaired) electrons. The predicted molar refractivity (Wildman–Crippen MR) is 102 cm³/mol. The normalized spacial score (nSPS) is 26.3. The number of thioether (sulfide) groups is 1. The number of carboxylic acids is 1. The molecule has 9 heteroatoms. The molecule has 0 aromatic heterocycles. The molecular formula is C17H18BrN3O4S. The number of halogens is 1. The van der Waals surface area contributed by atoms with Gasteiger partial charge in [-0.3, -0.25) is 4.79 Å². The highest BCUT2D eigenvalue weighted by Crippen LogP contribution is 2.50. The SMILES string of the molecule is CC1(C)SC2C(NC(=O)N/C=C/c3cccc(Br)c3)C(=O)N2[C@H]1C(=O)O. The van der Waals surface area contributed by atoms with Gasteiger partial charge in [-0.25, -0.2) is 9.59 Å². The summed E-state index contributed by atoms with van der Waals surface area (Å²) in [5, 5.41) is 14.2. The van der Waals surface area contributed by atoms with Crippen molar-refractivity contribution in [3.8, 4) is 0 Å². The quantitative estimate of drug-likeness (QED) is 0.624. The van der Waals surface area contributed by atoms with Crippen molar-refractivity contribution >= 4 is 51.7 Å². The van der Waals surface area contributed by atoms with Crippen molar-refractivity contribution in [1.82, 2.24) is 15.5 Å². The molecule has 2 unspecified atom stereocenters. The summed E-state index contributed by atoms with van der Waals surface area (Å²) in [5.41, 5.74) is 0.906. The molecule has 0 saturated carbocycles. The number of rotatable bonds is 4. The zero-order valence-corrected chi connectivity index (χ0v) is 16.5. The summed E-state index contributed by atoms with van der Waals surface area (Å²) in [6.45, 7) is 3.58. The van der Waals surface area contributed by atoms with Crippen LogP contribution in [0.25, 0.3) is 6.08 Å². The molecule has 1 aromatic carbocycles. The van der Waals surface area contributed by atoms with Crippen molar-refractivity contribution in [3.05, 3.63) is 40.5 Å². The third kappa shape index (κ3) is 3.45. The van der Waals surface area contributed by atoms with E-state index in [4.69, 9.17) is 0 Å². The zero-order valence-electron chi connectivity index (χ0n) is 14.1. The third-order valence-electron chi connectivity index (χ3n) is 4.30. The molecule has 26 heavy (non-hydrogen) atoms. The van der Waals surface area contributed by atoms with Crippen LogP contribution in [0, 0.1) is 0 Å². The van der Waals surface area contributed by atoms with Crippen LogP contribution in [0.4, 0.5) is 4.79 Å². The summed E-state index contributed by atoms with van der Waals surface area (Å²) in [4.78, 5) is 37.1. The molecule has 2 heterocycles. The Morgan fingerprint density at radius 3 is 2.77 bits per heavy atom. The van der Waals surface area contributed by atoms with Crippen LogP contribution in [0.1, 0.15) is 19.4 Å². The number of hydrogen-bond acceptors (Lipinski definition) is 4. The summed E-state index contributed by atoms with van der Waals surface area (Å²) in [5.74, 6) is -1.40. The topological polar surface area (TPSA) is 98.7 Å². The van der Waals surface area contributed by atoms with E-state index in [0.717, 1.165) is 10.0 Å². The molecule has 3 atom stereocenters. The fourth-order valence-electron chi connectivity index (χ4n) is 3.15. The Kier molecular flexibility index (Phi) is 5.03. The Labute approximate surface area is 163 Å². The number of carboxylic acid groups (broad SMARTS) is 1. The summed E-state index contributed by atoms with van der Waals surface area (Å²) in [6, 6.07) is 5.45. The minimum atomic E-state index is -1.03. The summed E-state index contributed by atoms with van der Waals surface area (Å²) >= 11 is 4.76. The van der Waals surface area contributed by atoms with Gasteiger partial charge in [-0.2, -0.15) is 0 Å². The van der Waals surface area contributed by atoms with Gasteiger partial charge < -0.3 is 20.6 Å². The molecule has 3 N–H and O–H groups in total. The first kappa shape index (κ1) is 18.8. The molecule has 0 bridgehead atoms. The van der Waals surface area contributed by atoms with Crippen molar-refractivity contribution in [3.63, 3.8) is 0 Å². The minimum Gasteiger partial charge on any atom is -0.480 e. The predicted octanol–water partition coefficient (Wildman–Crippen LogP) is 2.23. The molecule has 2 aliphatic heterocycles. The Morgan fingerprint density at radius 2 is 2.12 bits per heavy atom. The van der Waals surface area contributed by atoms with Gasteiger partial charge in [-0.05, 0) is 37.6 Å². The zero-order chi connectivity index (χ0) is 19.1. The number of urea groups is 1. The lowest BCUT2D eigenvalue weighted by atomic mass is 9.96. The van der Waals surface area contributed by atoms with E-state index >= 15 is 0 Å². The number of β-lactam (4-membered cyclic amide) rings is 1. The summed E-state index contributed by atoms with van der Waals surface area (Å²) < 4.78 is 0.317. The van der Waals surface area contributed by atoms with Crippen LogP contribution in [0.3, 0.4) is 0 Å². The third-order valence-corrected chi connectivity index (χ3v) is 6.37. The van der Waals surface area contributed by atoms with Crippen LogP contribution >= 0.6 is 27.7 Å². The van der Waals surface area contributed by atoms with Gasteiger partial charge in [0.1, 0.15) is 17.5 Å². The standard InChI is InChI=1S/C17H18BrN3O4S/c1-17(2)12(15(23)24)21-13(22)11(14(21)26-17)20-16(25)19-7-6-9-4-3-5-10(18)8-9/h3-8,11-12,14H,1-2H3,(H,23,24)(H2,19,20,25)/b7-6+/t11?,12-,14?/m0/s1. The van der Waals surface area contributed by atoms with E-state index in [1.54, 1.807) is 19.9 Å². The maximum Gasteiger partial charge on any atom is 0.327 e. The number of hydrogen-bond donors (Lipinski definition) is 3. The first-order valence-electron chi connectivity index (χ1n) is 7.92. The first-order chi connectivity index (χ1) is 12.2. The van der Waals surface area contributed by atoms with Gasteiger partial charge >= 0.3 is 12.0 Å². The number of carbonyl (C=O) groups excluding carboxylic acids is 2. The summed E-state index contributed by atoms with van der Waals surface area (Å²) in [6.07, 6.45) is 3.22. The van der Waals surface area contributed by atoms with Gasteiger partial charge in [0.05, 0.1) is 0 Å². The second-order valence-electron chi connectivity index (χ2n) is 6.58. The summed E-state index contributed by atoms with van der Waals surface area (Å²) in [7, 11) is 0. The van der Waals surface area contributed by atoms with Crippen molar-refractivity contribution in [1.29, 1.82) is 0 Å². The van der Waals surface area contributed by atoms with E-state index < -0.39 is 28.8 Å². The largest absolute Gasteiger partial charge is 0.480 e. The van der Waals surface area contributed by atoms with Gasteiger partial charge in [0.15, 0.2) is 0 Å². The fourth-order valence-corrected chi connectivity index (χ4v) is 5.19. The number of fused-ring (bicyclic) bond motifs is 1. The minimum absolute atomic E-state index is 0.363. The van der Waals surface area contributed by atoms with Crippen LogP contribution in [-0.4, -0.2) is 50.1 Å². The van der Waals surface area contributed by atoms with Crippen molar-refractivity contribution in [2.75, 3.05) is 0 Å². The number of nitrogens with one attached hydrogen (secondary N) is 2. The second-order valence-corrected chi connectivity index (χ2v) is 9.27. The molecule has 2 aliphatic rings. The molecule has 3 rings (SSSR count).